The molecule has 0 fully saturated rings. The number of rotatable bonds is 9. The van der Waals surface area contributed by atoms with E-state index < -0.39 is 0 Å². The Morgan fingerprint density at radius 2 is 0.967 bits per heavy atom. The van der Waals surface area contributed by atoms with Crippen LogP contribution in [0.25, 0.3) is 86.7 Å². The minimum Gasteiger partial charge on any atom is -0.456 e. The van der Waals surface area contributed by atoms with Crippen LogP contribution in [0.4, 0.5) is 0 Å². The Hall–Kier alpha value is -7.41. The van der Waals surface area contributed by atoms with Gasteiger partial charge in [0, 0.05) is 83.3 Å². The molecule has 0 N–H and O–H groups in total. The van der Waals surface area contributed by atoms with Gasteiger partial charge in [-0.05, 0) is 59.0 Å². The highest BCUT2D eigenvalue weighted by Gasteiger charge is 2.20. The van der Waals surface area contributed by atoms with Gasteiger partial charge in [0.2, 0.25) is 0 Å². The first-order valence-corrected chi connectivity index (χ1v) is 21.7. The molecule has 12 aromatic rings. The fourth-order valence-corrected chi connectivity index (χ4v) is 10.6. The Bertz CT molecular complexity index is 3490. The second-order valence-corrected chi connectivity index (χ2v) is 16.9. The minimum absolute atomic E-state index is 0.691. The Morgan fingerprint density at radius 3 is 1.66 bits per heavy atom. The van der Waals surface area contributed by atoms with E-state index in [1.54, 1.807) is 0 Å². The van der Waals surface area contributed by atoms with Crippen molar-refractivity contribution in [2.45, 2.75) is 25.8 Å². The lowest BCUT2D eigenvalue weighted by Gasteiger charge is -2.10. The Kier molecular flexibility index (Phi) is 8.56. The van der Waals surface area contributed by atoms with Crippen LogP contribution >= 0.6 is 11.3 Å². The van der Waals surface area contributed by atoms with E-state index in [4.69, 9.17) is 19.4 Å². The zero-order valence-electron chi connectivity index (χ0n) is 33.3. The van der Waals surface area contributed by atoms with E-state index in [1.165, 1.54) is 69.6 Å². The number of fused-ring (bicyclic) bond motifs is 9. The molecule has 0 unspecified atom stereocenters. The first-order valence-electron chi connectivity index (χ1n) is 20.9. The predicted octanol–water partition coefficient (Wildman–Crippen LogP) is 14.0. The summed E-state index contributed by atoms with van der Waals surface area (Å²) < 4.78 is 11.9. The smallest absolute Gasteiger partial charge is 0.163 e. The summed E-state index contributed by atoms with van der Waals surface area (Å²) in [7, 11) is 0. The number of aryl methyl sites for hydroxylation is 2. The molecule has 6 heteroatoms. The van der Waals surface area contributed by atoms with Crippen molar-refractivity contribution in [3.8, 4) is 22.8 Å². The van der Waals surface area contributed by atoms with Crippen molar-refractivity contribution in [1.82, 2.24) is 19.5 Å². The van der Waals surface area contributed by atoms with E-state index in [0.29, 0.717) is 18.1 Å². The lowest BCUT2D eigenvalue weighted by Crippen LogP contribution is -2.05. The van der Waals surface area contributed by atoms with Crippen molar-refractivity contribution in [3.63, 3.8) is 0 Å². The highest BCUT2D eigenvalue weighted by atomic mass is 32.1. The lowest BCUT2D eigenvalue weighted by molar-refractivity contribution is 0.663. The monoisotopic (exact) mass is 802 g/mol. The van der Waals surface area contributed by atoms with Crippen LogP contribution in [0.15, 0.2) is 186 Å². The summed E-state index contributed by atoms with van der Waals surface area (Å²) >= 11 is 1.87. The van der Waals surface area contributed by atoms with Gasteiger partial charge in [-0.15, -0.1) is 11.3 Å². The van der Waals surface area contributed by atoms with Crippen molar-refractivity contribution >= 4 is 75.3 Å². The fourth-order valence-electron chi connectivity index (χ4n) is 9.38. The van der Waals surface area contributed by atoms with Crippen LogP contribution in [-0.2, 0) is 25.8 Å². The molecular formula is C55H38N4OS. The number of para-hydroxylation sites is 3. The van der Waals surface area contributed by atoms with Gasteiger partial charge < -0.3 is 8.98 Å². The topological polar surface area (TPSA) is 56.7 Å². The third-order valence-electron chi connectivity index (χ3n) is 12.1. The molecule has 0 saturated heterocycles. The molecule has 0 aliphatic heterocycles. The molecule has 0 bridgehead atoms. The molecule has 0 aliphatic rings. The normalized spacial score (nSPS) is 11.9. The van der Waals surface area contributed by atoms with Crippen LogP contribution in [-0.4, -0.2) is 19.5 Å². The third-order valence-corrected chi connectivity index (χ3v) is 13.3. The molecule has 0 radical (unpaired) electrons. The fraction of sp³-hybridized carbons (Fsp3) is 0.0727. The van der Waals surface area contributed by atoms with E-state index in [1.807, 2.05) is 47.7 Å². The molecule has 61 heavy (non-hydrogen) atoms. The van der Waals surface area contributed by atoms with Crippen molar-refractivity contribution in [2.24, 2.45) is 0 Å². The van der Waals surface area contributed by atoms with Crippen LogP contribution in [0.2, 0.25) is 0 Å². The largest absolute Gasteiger partial charge is 0.456 e. The summed E-state index contributed by atoms with van der Waals surface area (Å²) in [5, 5.41) is 7.56. The van der Waals surface area contributed by atoms with Gasteiger partial charge in [0.25, 0.3) is 0 Å². The molecular weight excluding hydrogens is 765 g/mol. The highest BCUT2D eigenvalue weighted by molar-refractivity contribution is 7.25. The van der Waals surface area contributed by atoms with E-state index in [9.17, 15) is 0 Å². The second-order valence-electron chi connectivity index (χ2n) is 15.8. The van der Waals surface area contributed by atoms with Crippen molar-refractivity contribution < 1.29 is 4.42 Å². The molecule has 290 valence electrons. The number of hydrogen-bond acceptors (Lipinski definition) is 5. The molecule has 0 saturated carbocycles. The van der Waals surface area contributed by atoms with Gasteiger partial charge in [-0.3, -0.25) is 0 Å². The zero-order valence-corrected chi connectivity index (χ0v) is 34.1. The molecule has 0 amide bonds. The SMILES string of the molecule is c1ccc(-c2nc(CCc3cccc4sc5cccc(Cc6cccc7c6oc6cccc(Cn8c9ccccc9c9ccccc98)c67)c5c34)nc(-c3ccccc3)n2)cc1. The van der Waals surface area contributed by atoms with Crippen LogP contribution < -0.4 is 0 Å². The van der Waals surface area contributed by atoms with Crippen molar-refractivity contribution in [2.75, 3.05) is 0 Å². The van der Waals surface area contributed by atoms with Gasteiger partial charge in [0.1, 0.15) is 17.0 Å². The van der Waals surface area contributed by atoms with Crippen molar-refractivity contribution in [1.29, 1.82) is 0 Å². The highest BCUT2D eigenvalue weighted by Crippen LogP contribution is 2.41. The Morgan fingerprint density at radius 1 is 0.426 bits per heavy atom. The quantitative estimate of drug-likeness (QED) is 0.146. The summed E-state index contributed by atoms with van der Waals surface area (Å²) in [5.41, 5.74) is 11.4. The van der Waals surface area contributed by atoms with Gasteiger partial charge in [0.15, 0.2) is 11.6 Å². The molecule has 5 nitrogen and oxygen atoms in total. The molecule has 4 aromatic heterocycles. The molecule has 4 heterocycles. The van der Waals surface area contributed by atoms with Gasteiger partial charge in [-0.25, -0.2) is 15.0 Å². The Labute approximate surface area is 356 Å². The summed E-state index contributed by atoms with van der Waals surface area (Å²) in [6.45, 7) is 0.749. The molecule has 0 atom stereocenters. The van der Waals surface area contributed by atoms with E-state index in [0.717, 1.165) is 52.9 Å². The van der Waals surface area contributed by atoms with Crippen molar-refractivity contribution in [3.05, 3.63) is 210 Å². The van der Waals surface area contributed by atoms with Gasteiger partial charge in [-0.1, -0.05) is 152 Å². The van der Waals surface area contributed by atoms with Gasteiger partial charge in [-0.2, -0.15) is 0 Å². The second kappa shape index (κ2) is 14.7. The Balaban J connectivity index is 0.920. The summed E-state index contributed by atoms with van der Waals surface area (Å²) in [6.07, 6.45) is 2.25. The number of furan rings is 1. The number of nitrogens with zero attached hydrogens (tertiary/aromatic N) is 4. The third kappa shape index (κ3) is 6.18. The maximum absolute atomic E-state index is 6.84. The van der Waals surface area contributed by atoms with E-state index in [2.05, 4.69) is 150 Å². The molecule has 12 rings (SSSR count). The van der Waals surface area contributed by atoms with E-state index in [-0.39, 0.29) is 0 Å². The standard InChI is InChI=1S/C55H38N4OS/c1-3-15-36(16-4-1)54-56-49(57-55(58-54)37-17-5-2-6-18-37)32-31-35-19-13-29-47-51(35)52-38(20-14-30-48(52)61-47)33-39-21-11-25-43-50-40(22-12-28-46(50)60-53(39)43)34-59-44-26-9-7-23-41(44)42-24-8-10-27-45(42)59/h1-30H,31-34H2. The minimum atomic E-state index is 0.691. The molecule has 8 aromatic carbocycles. The van der Waals surface area contributed by atoms with Crippen LogP contribution in [0.5, 0.6) is 0 Å². The van der Waals surface area contributed by atoms with Gasteiger partial charge >= 0.3 is 0 Å². The maximum Gasteiger partial charge on any atom is 0.163 e. The van der Waals surface area contributed by atoms with Crippen LogP contribution in [0, 0.1) is 0 Å². The first kappa shape index (κ1) is 35.5. The summed E-state index contributed by atoms with van der Waals surface area (Å²) in [6, 6.07) is 64.5. The average molecular weight is 803 g/mol. The van der Waals surface area contributed by atoms with Crippen LogP contribution in [0.1, 0.15) is 28.1 Å². The number of aromatic nitrogens is 4. The molecule has 0 spiro atoms. The number of benzene rings is 8. The van der Waals surface area contributed by atoms with Gasteiger partial charge in [0.05, 0.1) is 0 Å². The summed E-state index contributed by atoms with van der Waals surface area (Å²) in [4.78, 5) is 14.9. The van der Waals surface area contributed by atoms with E-state index >= 15 is 0 Å². The average Bonchev–Trinajstić information content (AvgIpc) is 4.00. The van der Waals surface area contributed by atoms with Crippen LogP contribution in [0.3, 0.4) is 0 Å². The lowest BCUT2D eigenvalue weighted by atomic mass is 9.95. The zero-order chi connectivity index (χ0) is 40.3. The number of thiophene rings is 1. The molecule has 0 aliphatic carbocycles. The first-order chi connectivity index (χ1) is 30.2. The number of hydrogen-bond donors (Lipinski definition) is 0. The predicted molar refractivity (Wildman–Crippen MR) is 253 cm³/mol. The summed E-state index contributed by atoms with van der Waals surface area (Å²) in [5.74, 6) is 2.19. The maximum atomic E-state index is 6.84.